The average Bonchev–Trinajstić information content (AvgIpc) is 3.44. The lowest BCUT2D eigenvalue weighted by molar-refractivity contribution is 0.331. The quantitative estimate of drug-likeness (QED) is 0.199. The first-order valence-corrected chi connectivity index (χ1v) is 15.6. The maximum absolute atomic E-state index is 4.43. The molecule has 2 atom stereocenters. The summed E-state index contributed by atoms with van der Waals surface area (Å²) in [6, 6.07) is 48.6. The Morgan fingerprint density at radius 3 is 1.95 bits per heavy atom. The molecule has 4 heteroatoms. The summed E-state index contributed by atoms with van der Waals surface area (Å²) in [6.07, 6.45) is 8.39. The van der Waals surface area contributed by atoms with Gasteiger partial charge in [0, 0.05) is 62.9 Å². The smallest absolute Gasteiger partial charge is 0.159 e. The largest absolute Gasteiger partial charge is 0.337 e. The Morgan fingerprint density at radius 2 is 1.23 bits per heavy atom. The van der Waals surface area contributed by atoms with Crippen molar-refractivity contribution in [2.75, 3.05) is 4.90 Å². The van der Waals surface area contributed by atoms with Crippen molar-refractivity contribution in [3.8, 4) is 11.4 Å². The van der Waals surface area contributed by atoms with Gasteiger partial charge in [-0.25, -0.2) is 9.97 Å². The second-order valence-electron chi connectivity index (χ2n) is 11.8. The molecule has 0 radical (unpaired) electrons. The summed E-state index contributed by atoms with van der Waals surface area (Å²) in [5.41, 5.74) is 8.61. The summed E-state index contributed by atoms with van der Waals surface area (Å²) in [7, 11) is 0. The van der Waals surface area contributed by atoms with Crippen molar-refractivity contribution in [3.63, 3.8) is 0 Å². The molecule has 4 nitrogen and oxygen atoms in total. The third-order valence-corrected chi connectivity index (χ3v) is 9.20. The van der Waals surface area contributed by atoms with E-state index in [9.17, 15) is 0 Å². The Hall–Kier alpha value is -5.22. The van der Waals surface area contributed by atoms with Crippen molar-refractivity contribution >= 4 is 38.9 Å². The number of nitrogens with zero attached hydrogens (tertiary/aromatic N) is 4. The maximum atomic E-state index is 4.43. The van der Waals surface area contributed by atoms with E-state index in [2.05, 4.69) is 147 Å². The third kappa shape index (κ3) is 4.83. The standard InChI is InChI=1S/C40H34N4/c1-3-12-32(13-4-1)43(33-14-5-2-6-15-33)35-23-24-39-37(28-35)36-17-7-8-18-38(36)44(39)34-16-9-11-31(27-34)29-19-21-30(22-20-29)40-41-25-10-26-42-40/h1-8,10,12-15,17-26,28,31,34H,9,11,16,27H2. The molecule has 2 unspecified atom stereocenters. The summed E-state index contributed by atoms with van der Waals surface area (Å²) >= 11 is 0. The molecule has 214 valence electrons. The molecule has 0 spiro atoms. The predicted octanol–water partition coefficient (Wildman–Crippen LogP) is 10.6. The van der Waals surface area contributed by atoms with E-state index in [0.717, 1.165) is 29.2 Å². The third-order valence-electron chi connectivity index (χ3n) is 9.20. The fraction of sp³-hybridized carbons (Fsp3) is 0.150. The van der Waals surface area contributed by atoms with Gasteiger partial charge in [0.15, 0.2) is 5.82 Å². The molecule has 1 fully saturated rings. The zero-order valence-corrected chi connectivity index (χ0v) is 24.6. The van der Waals surface area contributed by atoms with E-state index in [0.29, 0.717) is 12.0 Å². The van der Waals surface area contributed by atoms with Crippen LogP contribution in [0.25, 0.3) is 33.2 Å². The van der Waals surface area contributed by atoms with Crippen molar-refractivity contribution in [2.45, 2.75) is 37.6 Å². The summed E-state index contributed by atoms with van der Waals surface area (Å²) in [4.78, 5) is 11.2. The van der Waals surface area contributed by atoms with Crippen molar-refractivity contribution < 1.29 is 0 Å². The number of anilines is 3. The fourth-order valence-corrected chi connectivity index (χ4v) is 7.18. The van der Waals surface area contributed by atoms with Gasteiger partial charge in [0.25, 0.3) is 0 Å². The van der Waals surface area contributed by atoms with Crippen molar-refractivity contribution in [2.24, 2.45) is 0 Å². The van der Waals surface area contributed by atoms with Gasteiger partial charge in [-0.3, -0.25) is 0 Å². The van der Waals surface area contributed by atoms with E-state index in [-0.39, 0.29) is 0 Å². The average molecular weight is 571 g/mol. The SMILES string of the molecule is c1ccc(N(c2ccccc2)c2ccc3c(c2)c2ccccc2n3C2CCCC(c3ccc(-c4ncccn4)cc3)C2)cc1. The summed E-state index contributed by atoms with van der Waals surface area (Å²) in [6.45, 7) is 0. The number of aromatic nitrogens is 3. The van der Waals surface area contributed by atoms with Crippen LogP contribution in [0.2, 0.25) is 0 Å². The summed E-state index contributed by atoms with van der Waals surface area (Å²) in [5.74, 6) is 1.31. The first kappa shape index (κ1) is 26.4. The molecule has 1 saturated carbocycles. The zero-order valence-electron chi connectivity index (χ0n) is 24.6. The number of rotatable bonds is 6. The normalized spacial score (nSPS) is 16.7. The molecule has 2 heterocycles. The van der Waals surface area contributed by atoms with Gasteiger partial charge in [0.2, 0.25) is 0 Å². The highest BCUT2D eigenvalue weighted by atomic mass is 15.1. The lowest BCUT2D eigenvalue weighted by Crippen LogP contribution is -2.18. The van der Waals surface area contributed by atoms with Gasteiger partial charge in [-0.05, 0) is 85.3 Å². The van der Waals surface area contributed by atoms with Crippen LogP contribution in [0.15, 0.2) is 146 Å². The van der Waals surface area contributed by atoms with Crippen LogP contribution in [-0.4, -0.2) is 14.5 Å². The summed E-state index contributed by atoms with van der Waals surface area (Å²) in [5, 5.41) is 2.63. The number of benzene rings is 5. The van der Waals surface area contributed by atoms with Crippen LogP contribution in [0.3, 0.4) is 0 Å². The molecule has 7 aromatic rings. The fourth-order valence-electron chi connectivity index (χ4n) is 7.18. The molecule has 0 N–H and O–H groups in total. The molecule has 0 saturated heterocycles. The van der Waals surface area contributed by atoms with Gasteiger partial charge >= 0.3 is 0 Å². The van der Waals surface area contributed by atoms with E-state index in [1.165, 1.54) is 52.3 Å². The molecule has 2 aromatic heterocycles. The minimum absolute atomic E-state index is 0.443. The second-order valence-corrected chi connectivity index (χ2v) is 11.8. The molecule has 1 aliphatic carbocycles. The van der Waals surface area contributed by atoms with E-state index in [1.807, 2.05) is 6.07 Å². The zero-order chi connectivity index (χ0) is 29.3. The minimum Gasteiger partial charge on any atom is -0.337 e. The number of para-hydroxylation sites is 3. The Morgan fingerprint density at radius 1 is 0.568 bits per heavy atom. The highest BCUT2D eigenvalue weighted by Gasteiger charge is 2.27. The van der Waals surface area contributed by atoms with Crippen LogP contribution in [0.4, 0.5) is 17.1 Å². The predicted molar refractivity (Wildman–Crippen MR) is 182 cm³/mol. The lowest BCUT2D eigenvalue weighted by Gasteiger charge is -2.32. The molecule has 44 heavy (non-hydrogen) atoms. The van der Waals surface area contributed by atoms with E-state index in [4.69, 9.17) is 0 Å². The van der Waals surface area contributed by atoms with Gasteiger partial charge in [0.1, 0.15) is 0 Å². The van der Waals surface area contributed by atoms with E-state index < -0.39 is 0 Å². The van der Waals surface area contributed by atoms with E-state index >= 15 is 0 Å². The number of hydrogen-bond acceptors (Lipinski definition) is 3. The topological polar surface area (TPSA) is 34.0 Å². The Labute approximate surface area is 258 Å². The molecular formula is C40H34N4. The molecule has 8 rings (SSSR count). The first-order chi connectivity index (χ1) is 21.8. The van der Waals surface area contributed by atoms with Crippen molar-refractivity contribution in [1.29, 1.82) is 0 Å². The molecule has 0 amide bonds. The number of hydrogen-bond donors (Lipinski definition) is 0. The molecule has 0 bridgehead atoms. The maximum Gasteiger partial charge on any atom is 0.159 e. The minimum atomic E-state index is 0.443. The van der Waals surface area contributed by atoms with Crippen LogP contribution in [0.1, 0.15) is 43.2 Å². The molecule has 0 aliphatic heterocycles. The second kappa shape index (κ2) is 11.5. The monoisotopic (exact) mass is 570 g/mol. The van der Waals surface area contributed by atoms with Gasteiger partial charge in [-0.2, -0.15) is 0 Å². The lowest BCUT2D eigenvalue weighted by atomic mass is 9.81. The summed E-state index contributed by atoms with van der Waals surface area (Å²) < 4.78 is 2.64. The highest BCUT2D eigenvalue weighted by Crippen LogP contribution is 2.44. The molecule has 1 aliphatic rings. The van der Waals surface area contributed by atoms with Gasteiger partial charge in [-0.1, -0.05) is 85.3 Å². The van der Waals surface area contributed by atoms with Gasteiger partial charge in [-0.15, -0.1) is 0 Å². The molecular weight excluding hydrogens is 536 g/mol. The highest BCUT2D eigenvalue weighted by molar-refractivity contribution is 6.09. The van der Waals surface area contributed by atoms with Crippen LogP contribution in [-0.2, 0) is 0 Å². The van der Waals surface area contributed by atoms with E-state index in [1.54, 1.807) is 12.4 Å². The Balaban J connectivity index is 1.17. The first-order valence-electron chi connectivity index (χ1n) is 15.6. The molecule has 5 aromatic carbocycles. The van der Waals surface area contributed by atoms with Crippen molar-refractivity contribution in [1.82, 2.24) is 14.5 Å². The van der Waals surface area contributed by atoms with Crippen LogP contribution in [0, 0.1) is 0 Å². The Kier molecular flexibility index (Phi) is 6.88. The van der Waals surface area contributed by atoms with Gasteiger partial charge in [0.05, 0.1) is 0 Å². The van der Waals surface area contributed by atoms with Crippen LogP contribution >= 0.6 is 0 Å². The van der Waals surface area contributed by atoms with Crippen LogP contribution < -0.4 is 4.90 Å². The van der Waals surface area contributed by atoms with Gasteiger partial charge < -0.3 is 9.47 Å². The number of fused-ring (bicyclic) bond motifs is 3. The van der Waals surface area contributed by atoms with Crippen LogP contribution in [0.5, 0.6) is 0 Å². The van der Waals surface area contributed by atoms with Crippen molar-refractivity contribution in [3.05, 3.63) is 151 Å². The Bertz CT molecular complexity index is 1980.